The molecule has 7 heteroatoms. The van der Waals surface area contributed by atoms with Crippen molar-refractivity contribution < 1.29 is 9.72 Å². The molecular weight excluding hydrogens is 336 g/mol. The van der Waals surface area contributed by atoms with Crippen LogP contribution in [0.3, 0.4) is 0 Å². The number of anilines is 1. The van der Waals surface area contributed by atoms with Crippen molar-refractivity contribution in [2.75, 3.05) is 11.1 Å². The van der Waals surface area contributed by atoms with Gasteiger partial charge in [0, 0.05) is 11.8 Å². The van der Waals surface area contributed by atoms with Crippen LogP contribution < -0.4 is 5.32 Å². The maximum absolute atomic E-state index is 12.1. The molecule has 23 heavy (non-hydrogen) atoms. The molecule has 0 saturated carbocycles. The number of thioether (sulfide) groups is 1. The number of nitro benzene ring substituents is 1. The van der Waals surface area contributed by atoms with Crippen molar-refractivity contribution in [1.82, 2.24) is 0 Å². The van der Waals surface area contributed by atoms with Gasteiger partial charge in [0.15, 0.2) is 0 Å². The molecule has 0 radical (unpaired) electrons. The Morgan fingerprint density at radius 3 is 2.43 bits per heavy atom. The van der Waals surface area contributed by atoms with Gasteiger partial charge in [0.2, 0.25) is 5.91 Å². The van der Waals surface area contributed by atoms with E-state index in [0.717, 1.165) is 28.6 Å². The fourth-order valence-corrected chi connectivity index (χ4v) is 3.29. The first-order valence-electron chi connectivity index (χ1n) is 6.82. The summed E-state index contributed by atoms with van der Waals surface area (Å²) in [5, 5.41) is 14.1. The number of nitrogens with one attached hydrogen (secondary N) is 1. The molecule has 0 spiro atoms. The second-order valence-electron chi connectivity index (χ2n) is 4.95. The Balaban J connectivity index is 2.10. The van der Waals surface area contributed by atoms with Crippen molar-refractivity contribution in [2.45, 2.75) is 18.7 Å². The van der Waals surface area contributed by atoms with E-state index in [1.54, 1.807) is 6.07 Å². The number of hydrogen-bond donors (Lipinski definition) is 1. The molecule has 0 aliphatic carbocycles. The maximum Gasteiger partial charge on any atom is 0.284 e. The fourth-order valence-electron chi connectivity index (χ4n) is 2.11. The van der Waals surface area contributed by atoms with Crippen LogP contribution in [0.5, 0.6) is 0 Å². The van der Waals surface area contributed by atoms with Crippen LogP contribution in [0, 0.1) is 24.0 Å². The molecule has 0 fully saturated rings. The number of amides is 1. The van der Waals surface area contributed by atoms with Gasteiger partial charge >= 0.3 is 0 Å². The average Bonchev–Trinajstić information content (AvgIpc) is 2.49. The smallest absolute Gasteiger partial charge is 0.284 e. The van der Waals surface area contributed by atoms with Gasteiger partial charge in [-0.25, -0.2) is 0 Å². The SMILES string of the molecule is Cc1cccc(C)c1NC(=O)CSc1c(Cl)cccc1[N+](=O)[O-]. The topological polar surface area (TPSA) is 72.2 Å². The van der Waals surface area contributed by atoms with Crippen molar-refractivity contribution in [2.24, 2.45) is 0 Å². The Kier molecular flexibility index (Phi) is 5.63. The highest BCUT2D eigenvalue weighted by Crippen LogP contribution is 2.35. The lowest BCUT2D eigenvalue weighted by Crippen LogP contribution is -2.15. The lowest BCUT2D eigenvalue weighted by Gasteiger charge is -2.11. The molecular formula is C16H15ClN2O3S. The average molecular weight is 351 g/mol. The van der Waals surface area contributed by atoms with Gasteiger partial charge in [-0.1, -0.05) is 35.9 Å². The largest absolute Gasteiger partial charge is 0.325 e. The summed E-state index contributed by atoms with van der Waals surface area (Å²) in [5.74, 6) is -0.195. The van der Waals surface area contributed by atoms with Crippen LogP contribution in [0.25, 0.3) is 0 Å². The second-order valence-corrected chi connectivity index (χ2v) is 6.34. The minimum Gasteiger partial charge on any atom is -0.325 e. The first-order valence-corrected chi connectivity index (χ1v) is 8.18. The molecule has 0 atom stereocenters. The molecule has 0 aliphatic rings. The summed E-state index contributed by atoms with van der Waals surface area (Å²) in [6.45, 7) is 3.82. The van der Waals surface area contributed by atoms with Crippen LogP contribution in [-0.4, -0.2) is 16.6 Å². The first kappa shape index (κ1) is 17.3. The van der Waals surface area contributed by atoms with E-state index in [4.69, 9.17) is 11.6 Å². The van der Waals surface area contributed by atoms with Gasteiger partial charge in [0.05, 0.1) is 15.7 Å². The summed E-state index contributed by atoms with van der Waals surface area (Å²) in [5.41, 5.74) is 2.60. The van der Waals surface area contributed by atoms with E-state index in [2.05, 4.69) is 5.32 Å². The number of hydrogen-bond acceptors (Lipinski definition) is 4. The minimum absolute atomic E-state index is 0.0400. The van der Waals surface area contributed by atoms with Gasteiger partial charge in [0.1, 0.15) is 4.90 Å². The van der Waals surface area contributed by atoms with E-state index >= 15 is 0 Å². The van der Waals surface area contributed by atoms with E-state index in [1.165, 1.54) is 12.1 Å². The summed E-state index contributed by atoms with van der Waals surface area (Å²) in [4.78, 5) is 23.0. The number of rotatable bonds is 5. The van der Waals surface area contributed by atoms with Crippen molar-refractivity contribution in [1.29, 1.82) is 0 Å². The van der Waals surface area contributed by atoms with E-state index in [1.807, 2.05) is 32.0 Å². The molecule has 1 N–H and O–H groups in total. The fraction of sp³-hybridized carbons (Fsp3) is 0.188. The zero-order chi connectivity index (χ0) is 17.0. The van der Waals surface area contributed by atoms with Gasteiger partial charge in [-0.15, -0.1) is 11.8 Å². The van der Waals surface area contributed by atoms with Crippen LogP contribution in [-0.2, 0) is 4.79 Å². The van der Waals surface area contributed by atoms with Crippen molar-refractivity contribution in [3.63, 3.8) is 0 Å². The van der Waals surface area contributed by atoms with Crippen molar-refractivity contribution in [3.05, 3.63) is 62.7 Å². The molecule has 5 nitrogen and oxygen atoms in total. The molecule has 0 bridgehead atoms. The molecule has 0 aliphatic heterocycles. The van der Waals surface area contributed by atoms with Crippen LogP contribution in [0.15, 0.2) is 41.3 Å². The van der Waals surface area contributed by atoms with Crippen LogP contribution in [0.1, 0.15) is 11.1 Å². The highest BCUT2D eigenvalue weighted by atomic mass is 35.5. The quantitative estimate of drug-likeness (QED) is 0.486. The minimum atomic E-state index is -0.502. The third-order valence-corrected chi connectivity index (χ3v) is 4.79. The molecule has 0 heterocycles. The molecule has 0 aromatic heterocycles. The number of carbonyl (C=O) groups is 1. The Hall–Kier alpha value is -2.05. The summed E-state index contributed by atoms with van der Waals surface area (Å²) in [6, 6.07) is 10.2. The molecule has 2 rings (SSSR count). The lowest BCUT2D eigenvalue weighted by atomic mass is 10.1. The number of para-hydroxylation sites is 1. The van der Waals surface area contributed by atoms with Crippen LogP contribution in [0.4, 0.5) is 11.4 Å². The number of aryl methyl sites for hydroxylation is 2. The van der Waals surface area contributed by atoms with Gasteiger partial charge < -0.3 is 5.32 Å². The number of nitrogens with zero attached hydrogens (tertiary/aromatic N) is 1. The zero-order valence-corrected chi connectivity index (χ0v) is 14.2. The highest BCUT2D eigenvalue weighted by Gasteiger charge is 2.18. The predicted octanol–water partition coefficient (Wildman–Crippen LogP) is 4.60. The summed E-state index contributed by atoms with van der Waals surface area (Å²) >= 11 is 7.07. The maximum atomic E-state index is 12.1. The zero-order valence-electron chi connectivity index (χ0n) is 12.6. The molecule has 2 aromatic carbocycles. The molecule has 2 aromatic rings. The number of carbonyl (C=O) groups excluding carboxylic acids is 1. The van der Waals surface area contributed by atoms with Gasteiger partial charge in [-0.3, -0.25) is 14.9 Å². The lowest BCUT2D eigenvalue weighted by molar-refractivity contribution is -0.387. The van der Waals surface area contributed by atoms with Gasteiger partial charge in [0.25, 0.3) is 5.69 Å². The van der Waals surface area contributed by atoms with E-state index < -0.39 is 4.92 Å². The Morgan fingerprint density at radius 2 is 1.83 bits per heavy atom. The van der Waals surface area contributed by atoms with Gasteiger partial charge in [-0.2, -0.15) is 0 Å². The predicted molar refractivity (Wildman–Crippen MR) is 93.4 cm³/mol. The monoisotopic (exact) mass is 350 g/mol. The van der Waals surface area contributed by atoms with E-state index in [-0.39, 0.29) is 22.4 Å². The van der Waals surface area contributed by atoms with Crippen molar-refractivity contribution in [3.8, 4) is 0 Å². The second kappa shape index (κ2) is 7.48. The Labute approximate surface area is 143 Å². The summed E-state index contributed by atoms with van der Waals surface area (Å²) < 4.78 is 0. The number of nitro groups is 1. The van der Waals surface area contributed by atoms with E-state index in [0.29, 0.717) is 4.90 Å². The molecule has 0 unspecified atom stereocenters. The summed E-state index contributed by atoms with van der Waals surface area (Å²) in [6.07, 6.45) is 0. The summed E-state index contributed by atoms with van der Waals surface area (Å²) in [7, 11) is 0. The standard InChI is InChI=1S/C16H15ClN2O3S/c1-10-5-3-6-11(2)15(10)18-14(20)9-23-16-12(17)7-4-8-13(16)19(21)22/h3-8H,9H2,1-2H3,(H,18,20). The Bertz CT molecular complexity index is 745. The van der Waals surface area contributed by atoms with E-state index in [9.17, 15) is 14.9 Å². The number of halogens is 1. The Morgan fingerprint density at radius 1 is 1.22 bits per heavy atom. The van der Waals surface area contributed by atoms with Crippen molar-refractivity contribution >= 4 is 40.6 Å². The highest BCUT2D eigenvalue weighted by molar-refractivity contribution is 8.00. The van der Waals surface area contributed by atoms with Crippen LogP contribution in [0.2, 0.25) is 5.02 Å². The first-order chi connectivity index (χ1) is 10.9. The normalized spacial score (nSPS) is 10.4. The van der Waals surface area contributed by atoms with Gasteiger partial charge in [-0.05, 0) is 31.0 Å². The molecule has 1 amide bonds. The third-order valence-electron chi connectivity index (χ3n) is 3.24. The number of benzene rings is 2. The molecule has 0 saturated heterocycles. The van der Waals surface area contributed by atoms with Crippen LogP contribution >= 0.6 is 23.4 Å². The third kappa shape index (κ3) is 4.24. The molecule has 120 valence electrons.